The van der Waals surface area contributed by atoms with Gasteiger partial charge < -0.3 is 0 Å². The van der Waals surface area contributed by atoms with Crippen molar-refractivity contribution in [2.24, 2.45) is 0 Å². The van der Waals surface area contributed by atoms with E-state index in [4.69, 9.17) is 0 Å². The molecule has 1 rings (SSSR count). The average molecular weight is 320 g/mol. The van der Waals surface area contributed by atoms with Crippen LogP contribution in [0.4, 0.5) is 5.69 Å². The molecule has 8 heteroatoms. The molecular weight excluding hydrogens is 300 g/mol. The first-order valence-corrected chi connectivity index (χ1v) is 9.74. The number of nitrogens with zero attached hydrogens (tertiary/aromatic N) is 1. The van der Waals surface area contributed by atoms with Gasteiger partial charge in [-0.15, -0.1) is 0 Å². The highest BCUT2D eigenvalue weighted by molar-refractivity contribution is 7.92. The molecule has 0 saturated carbocycles. The smallest absolute Gasteiger partial charge is 0.232 e. The fraction of sp³-hybridized carbons (Fsp3) is 0.500. The monoisotopic (exact) mass is 320 g/mol. The highest BCUT2D eigenvalue weighted by atomic mass is 32.2. The van der Waals surface area contributed by atoms with Crippen LogP contribution < -0.4 is 9.03 Å². The molecule has 0 aliphatic heterocycles. The van der Waals surface area contributed by atoms with Gasteiger partial charge in [0.1, 0.15) is 0 Å². The van der Waals surface area contributed by atoms with Crippen molar-refractivity contribution in [3.8, 4) is 0 Å². The van der Waals surface area contributed by atoms with Gasteiger partial charge in [-0.1, -0.05) is 6.07 Å². The highest BCUT2D eigenvalue weighted by Gasteiger charge is 2.18. The largest absolute Gasteiger partial charge is 0.269 e. The molecule has 0 fully saturated rings. The van der Waals surface area contributed by atoms with E-state index in [1.54, 1.807) is 12.1 Å². The molecule has 0 atom stereocenters. The summed E-state index contributed by atoms with van der Waals surface area (Å²) in [6.07, 6.45) is 2.14. The van der Waals surface area contributed by atoms with Crippen LogP contribution in [0.2, 0.25) is 0 Å². The summed E-state index contributed by atoms with van der Waals surface area (Å²) in [7, 11) is -6.80. The minimum Gasteiger partial charge on any atom is -0.269 e. The molecule has 0 radical (unpaired) electrons. The Bertz CT molecular complexity index is 681. The zero-order chi connectivity index (χ0) is 15.6. The molecule has 0 aromatic heterocycles. The molecule has 20 heavy (non-hydrogen) atoms. The zero-order valence-electron chi connectivity index (χ0n) is 12.0. The van der Waals surface area contributed by atoms with Crippen molar-refractivity contribution in [2.75, 3.05) is 29.9 Å². The van der Waals surface area contributed by atoms with E-state index in [0.29, 0.717) is 5.69 Å². The number of benzene rings is 1. The van der Waals surface area contributed by atoms with Crippen molar-refractivity contribution in [1.29, 1.82) is 0 Å². The predicted octanol–water partition coefficient (Wildman–Crippen LogP) is 0.619. The van der Waals surface area contributed by atoms with Gasteiger partial charge in [-0.25, -0.2) is 21.6 Å². The van der Waals surface area contributed by atoms with Crippen LogP contribution in [0.5, 0.6) is 0 Å². The molecule has 0 unspecified atom stereocenters. The van der Waals surface area contributed by atoms with Crippen LogP contribution in [0.15, 0.2) is 18.2 Å². The number of sulfonamides is 2. The molecule has 0 aliphatic rings. The van der Waals surface area contributed by atoms with Gasteiger partial charge >= 0.3 is 0 Å². The lowest BCUT2D eigenvalue weighted by molar-refractivity contribution is 0.583. The van der Waals surface area contributed by atoms with Crippen molar-refractivity contribution < 1.29 is 16.8 Å². The van der Waals surface area contributed by atoms with E-state index in [1.807, 2.05) is 19.9 Å². The molecule has 0 heterocycles. The lowest BCUT2D eigenvalue weighted by Crippen LogP contribution is -2.37. The van der Waals surface area contributed by atoms with E-state index in [0.717, 1.165) is 23.6 Å². The highest BCUT2D eigenvalue weighted by Crippen LogP contribution is 2.20. The normalized spacial score (nSPS) is 12.4. The van der Waals surface area contributed by atoms with Gasteiger partial charge in [0.25, 0.3) is 0 Å². The first kappa shape index (κ1) is 16.9. The fourth-order valence-corrected chi connectivity index (χ4v) is 3.08. The van der Waals surface area contributed by atoms with E-state index in [9.17, 15) is 16.8 Å². The van der Waals surface area contributed by atoms with Crippen molar-refractivity contribution >= 4 is 25.7 Å². The predicted molar refractivity (Wildman–Crippen MR) is 81.0 cm³/mol. The quantitative estimate of drug-likeness (QED) is 0.833. The number of aryl methyl sites for hydroxylation is 2. The van der Waals surface area contributed by atoms with E-state index < -0.39 is 20.0 Å². The van der Waals surface area contributed by atoms with E-state index in [1.165, 1.54) is 4.31 Å². The van der Waals surface area contributed by atoms with Crippen molar-refractivity contribution in [3.05, 3.63) is 29.3 Å². The van der Waals surface area contributed by atoms with Crippen LogP contribution in [0.3, 0.4) is 0 Å². The zero-order valence-corrected chi connectivity index (χ0v) is 13.7. The van der Waals surface area contributed by atoms with Crippen LogP contribution in [-0.2, 0) is 20.0 Å². The number of hydrogen-bond donors (Lipinski definition) is 1. The third-order valence-corrected chi connectivity index (χ3v) is 4.78. The Kier molecular flexibility index (Phi) is 5.17. The standard InChI is InChI=1S/C12H20N2O4S2/c1-10-5-6-12(9-11(10)2)14(20(4,17)18)8-7-13-19(3,15)16/h5-6,9,13H,7-8H2,1-4H3. The van der Waals surface area contributed by atoms with E-state index in [-0.39, 0.29) is 13.1 Å². The molecule has 1 N–H and O–H groups in total. The summed E-state index contributed by atoms with van der Waals surface area (Å²) in [5.41, 5.74) is 2.58. The van der Waals surface area contributed by atoms with Crippen LogP contribution in [0.25, 0.3) is 0 Å². The minimum absolute atomic E-state index is 0.0266. The van der Waals surface area contributed by atoms with E-state index in [2.05, 4.69) is 4.72 Å². The van der Waals surface area contributed by atoms with Crippen LogP contribution >= 0.6 is 0 Å². The second-order valence-electron chi connectivity index (χ2n) is 4.77. The first-order chi connectivity index (χ1) is 9.00. The molecule has 0 bridgehead atoms. The van der Waals surface area contributed by atoms with Gasteiger partial charge in [0, 0.05) is 13.1 Å². The summed E-state index contributed by atoms with van der Waals surface area (Å²) < 4.78 is 49.2. The Morgan fingerprint density at radius 2 is 1.65 bits per heavy atom. The number of nitrogens with one attached hydrogen (secondary N) is 1. The molecule has 0 aliphatic carbocycles. The van der Waals surface area contributed by atoms with Crippen LogP contribution in [0, 0.1) is 13.8 Å². The van der Waals surface area contributed by atoms with E-state index >= 15 is 0 Å². The first-order valence-electron chi connectivity index (χ1n) is 6.00. The molecule has 1 aromatic rings. The van der Waals surface area contributed by atoms with Crippen LogP contribution in [0.1, 0.15) is 11.1 Å². The van der Waals surface area contributed by atoms with Crippen LogP contribution in [-0.4, -0.2) is 42.4 Å². The number of anilines is 1. The molecule has 0 spiro atoms. The SMILES string of the molecule is Cc1ccc(N(CCNS(C)(=O)=O)S(C)(=O)=O)cc1C. The molecule has 0 amide bonds. The van der Waals surface area contributed by atoms with Gasteiger partial charge in [-0.2, -0.15) is 0 Å². The maximum atomic E-state index is 11.8. The van der Waals surface area contributed by atoms with Gasteiger partial charge in [-0.3, -0.25) is 4.31 Å². The summed E-state index contributed by atoms with van der Waals surface area (Å²) in [6.45, 7) is 3.91. The summed E-state index contributed by atoms with van der Waals surface area (Å²) in [6, 6.07) is 5.33. The summed E-state index contributed by atoms with van der Waals surface area (Å²) in [5, 5.41) is 0. The molecule has 0 saturated heterocycles. The Hall–Kier alpha value is -1.12. The second-order valence-corrected chi connectivity index (χ2v) is 8.51. The molecule has 1 aromatic carbocycles. The Labute approximate surface area is 120 Å². The summed E-state index contributed by atoms with van der Waals surface area (Å²) in [4.78, 5) is 0. The lowest BCUT2D eigenvalue weighted by Gasteiger charge is -2.23. The fourth-order valence-electron chi connectivity index (χ4n) is 1.70. The minimum atomic E-state index is -3.47. The number of hydrogen-bond acceptors (Lipinski definition) is 4. The summed E-state index contributed by atoms with van der Waals surface area (Å²) in [5.74, 6) is 0. The average Bonchev–Trinajstić information content (AvgIpc) is 2.25. The topological polar surface area (TPSA) is 83.6 Å². The van der Waals surface area contributed by atoms with Crippen molar-refractivity contribution in [1.82, 2.24) is 4.72 Å². The second kappa shape index (κ2) is 6.11. The summed E-state index contributed by atoms with van der Waals surface area (Å²) >= 11 is 0. The Balaban J connectivity index is 2.99. The van der Waals surface area contributed by atoms with Crippen molar-refractivity contribution in [3.63, 3.8) is 0 Å². The van der Waals surface area contributed by atoms with Gasteiger partial charge in [0.05, 0.1) is 18.2 Å². The third kappa shape index (κ3) is 5.10. The Morgan fingerprint density at radius 3 is 2.10 bits per heavy atom. The number of rotatable bonds is 6. The molecule has 6 nitrogen and oxygen atoms in total. The van der Waals surface area contributed by atoms with Crippen molar-refractivity contribution in [2.45, 2.75) is 13.8 Å². The Morgan fingerprint density at radius 1 is 1.05 bits per heavy atom. The maximum Gasteiger partial charge on any atom is 0.232 e. The lowest BCUT2D eigenvalue weighted by atomic mass is 10.1. The van der Waals surface area contributed by atoms with Gasteiger partial charge in [-0.05, 0) is 37.1 Å². The third-order valence-electron chi connectivity index (χ3n) is 2.86. The maximum absolute atomic E-state index is 11.8. The molecule has 114 valence electrons. The molecular formula is C12H20N2O4S2. The van der Waals surface area contributed by atoms with Gasteiger partial charge in [0.15, 0.2) is 0 Å². The van der Waals surface area contributed by atoms with Gasteiger partial charge in [0.2, 0.25) is 20.0 Å².